The Hall–Kier alpha value is -0.780. The van der Waals surface area contributed by atoms with Crippen molar-refractivity contribution in [2.45, 2.75) is 104 Å². The molecule has 0 unspecified atom stereocenters. The largest absolute Gasteiger partial charge is 0.0654 e. The van der Waals surface area contributed by atoms with Crippen molar-refractivity contribution in [3.63, 3.8) is 0 Å². The lowest BCUT2D eigenvalue weighted by molar-refractivity contribution is 0.604. The molecule has 0 aliphatic rings. The maximum Gasteiger partial charge on any atom is -0.0114 e. The molecule has 1 rings (SSSR count). The highest BCUT2D eigenvalue weighted by molar-refractivity contribution is 5.22. The lowest BCUT2D eigenvalue weighted by Gasteiger charge is -2.05. The van der Waals surface area contributed by atoms with E-state index in [2.05, 4.69) is 38.1 Å². The quantitative estimate of drug-likeness (QED) is 0.316. The van der Waals surface area contributed by atoms with Crippen LogP contribution in [0.4, 0.5) is 0 Å². The summed E-state index contributed by atoms with van der Waals surface area (Å²) in [7, 11) is 0. The van der Waals surface area contributed by atoms with Gasteiger partial charge in [-0.3, -0.25) is 0 Å². The molecule has 1 aromatic carbocycles. The Morgan fingerprint density at radius 1 is 0.591 bits per heavy atom. The predicted octanol–water partition coefficient (Wildman–Crippen LogP) is 7.29. The highest BCUT2D eigenvalue weighted by Gasteiger charge is 1.99. The zero-order valence-corrected chi connectivity index (χ0v) is 15.1. The van der Waals surface area contributed by atoms with Crippen LogP contribution in [0.3, 0.4) is 0 Å². The van der Waals surface area contributed by atoms with Crippen LogP contribution in [0.2, 0.25) is 0 Å². The van der Waals surface area contributed by atoms with E-state index in [4.69, 9.17) is 0 Å². The van der Waals surface area contributed by atoms with Gasteiger partial charge >= 0.3 is 0 Å². The summed E-state index contributed by atoms with van der Waals surface area (Å²) in [5.41, 5.74) is 2.86. The Morgan fingerprint density at radius 3 is 1.45 bits per heavy atom. The first-order chi connectivity index (χ1) is 10.9. The van der Waals surface area contributed by atoms with Gasteiger partial charge in [-0.05, 0) is 42.9 Å². The number of rotatable bonds is 14. The lowest BCUT2D eigenvalue weighted by atomic mass is 10.00. The van der Waals surface area contributed by atoms with Crippen LogP contribution >= 0.6 is 0 Å². The van der Waals surface area contributed by atoms with E-state index in [1.165, 1.54) is 101 Å². The van der Waals surface area contributed by atoms with E-state index in [1.54, 1.807) is 0 Å². The van der Waals surface area contributed by atoms with Crippen molar-refractivity contribution < 1.29 is 0 Å². The fraction of sp³-hybridized carbons (Fsp3) is 0.727. The summed E-state index contributed by atoms with van der Waals surface area (Å²) in [6.07, 6.45) is 19.0. The van der Waals surface area contributed by atoms with Crippen LogP contribution in [-0.2, 0) is 12.8 Å². The first-order valence-electron chi connectivity index (χ1n) is 9.87. The number of hydrogen-bond acceptors (Lipinski definition) is 0. The van der Waals surface area contributed by atoms with Gasteiger partial charge in [0.15, 0.2) is 0 Å². The van der Waals surface area contributed by atoms with Crippen molar-refractivity contribution in [2.75, 3.05) is 0 Å². The second kappa shape index (κ2) is 13.9. The van der Waals surface area contributed by atoms with Gasteiger partial charge < -0.3 is 0 Å². The summed E-state index contributed by atoms with van der Waals surface area (Å²) in [6.45, 7) is 4.56. The zero-order valence-electron chi connectivity index (χ0n) is 15.1. The fourth-order valence-electron chi connectivity index (χ4n) is 3.05. The van der Waals surface area contributed by atoms with Crippen molar-refractivity contribution >= 4 is 0 Å². The normalized spacial score (nSPS) is 11.0. The molecular formula is C22H37. The Labute approximate surface area is 139 Å². The molecule has 0 nitrogen and oxygen atoms in total. The first kappa shape index (κ1) is 19.3. The Kier molecular flexibility index (Phi) is 12.1. The Bertz CT molecular complexity index is 322. The van der Waals surface area contributed by atoms with E-state index >= 15 is 0 Å². The molecular weight excluding hydrogens is 264 g/mol. The topological polar surface area (TPSA) is 0 Å². The van der Waals surface area contributed by atoms with Crippen molar-refractivity contribution in [1.82, 2.24) is 0 Å². The standard InChI is InChI=1S/C22H37/c1-3-5-7-9-11-13-16-21-18-15-19-22(20-21)17-14-12-10-8-6-4-2/h15,18-19H,3-14,16-17H2,1-2H3. The minimum atomic E-state index is 1.22. The van der Waals surface area contributed by atoms with Gasteiger partial charge in [0.25, 0.3) is 0 Å². The highest BCUT2D eigenvalue weighted by Crippen LogP contribution is 2.14. The van der Waals surface area contributed by atoms with Crippen LogP contribution in [0.25, 0.3) is 0 Å². The van der Waals surface area contributed by atoms with Crippen LogP contribution in [0, 0.1) is 6.07 Å². The molecule has 1 aromatic rings. The highest BCUT2D eigenvalue weighted by atomic mass is 14.0. The van der Waals surface area contributed by atoms with Crippen molar-refractivity contribution in [3.05, 3.63) is 35.4 Å². The molecule has 0 N–H and O–H groups in total. The second-order valence-electron chi connectivity index (χ2n) is 6.74. The zero-order chi connectivity index (χ0) is 15.9. The smallest absolute Gasteiger partial charge is 0.0114 e. The van der Waals surface area contributed by atoms with Gasteiger partial charge in [-0.1, -0.05) is 96.3 Å². The molecule has 0 aromatic heterocycles. The number of hydrogen-bond donors (Lipinski definition) is 0. The van der Waals surface area contributed by atoms with Crippen molar-refractivity contribution in [3.8, 4) is 0 Å². The third kappa shape index (κ3) is 10.0. The molecule has 0 heterocycles. The van der Waals surface area contributed by atoms with Crippen LogP contribution in [0.1, 0.15) is 102 Å². The molecule has 1 radical (unpaired) electrons. The monoisotopic (exact) mass is 301 g/mol. The number of aryl methyl sites for hydroxylation is 2. The van der Waals surface area contributed by atoms with E-state index in [-0.39, 0.29) is 0 Å². The maximum atomic E-state index is 3.65. The third-order valence-electron chi connectivity index (χ3n) is 4.52. The molecule has 0 spiro atoms. The maximum absolute atomic E-state index is 3.65. The van der Waals surface area contributed by atoms with E-state index < -0.39 is 0 Å². The minimum absolute atomic E-state index is 1.22. The molecule has 0 bridgehead atoms. The van der Waals surface area contributed by atoms with Crippen molar-refractivity contribution in [1.29, 1.82) is 0 Å². The van der Waals surface area contributed by atoms with Gasteiger partial charge in [0, 0.05) is 0 Å². The van der Waals surface area contributed by atoms with Gasteiger partial charge in [-0.2, -0.15) is 0 Å². The summed E-state index contributed by atoms with van der Waals surface area (Å²) < 4.78 is 0. The first-order valence-corrected chi connectivity index (χ1v) is 9.87. The van der Waals surface area contributed by atoms with E-state index in [0.717, 1.165) is 0 Å². The summed E-state index contributed by atoms with van der Waals surface area (Å²) in [5, 5.41) is 0. The van der Waals surface area contributed by atoms with Crippen molar-refractivity contribution in [2.24, 2.45) is 0 Å². The number of benzene rings is 1. The van der Waals surface area contributed by atoms with Crippen LogP contribution in [0.5, 0.6) is 0 Å². The minimum Gasteiger partial charge on any atom is -0.0654 e. The van der Waals surface area contributed by atoms with E-state index in [1.807, 2.05) is 0 Å². The van der Waals surface area contributed by atoms with Gasteiger partial charge in [-0.15, -0.1) is 0 Å². The van der Waals surface area contributed by atoms with E-state index in [0.29, 0.717) is 0 Å². The molecule has 0 atom stereocenters. The Morgan fingerprint density at radius 2 is 1.00 bits per heavy atom. The summed E-state index contributed by atoms with van der Waals surface area (Å²) in [5.74, 6) is 0. The molecule has 0 amide bonds. The van der Waals surface area contributed by atoms with Gasteiger partial charge in [0.05, 0.1) is 0 Å². The predicted molar refractivity (Wildman–Crippen MR) is 99.4 cm³/mol. The van der Waals surface area contributed by atoms with Crippen LogP contribution in [-0.4, -0.2) is 0 Å². The summed E-state index contributed by atoms with van der Waals surface area (Å²) in [4.78, 5) is 0. The molecule has 0 fully saturated rings. The molecule has 22 heavy (non-hydrogen) atoms. The van der Waals surface area contributed by atoms with E-state index in [9.17, 15) is 0 Å². The molecule has 0 saturated carbocycles. The average molecular weight is 302 g/mol. The Balaban J connectivity index is 2.13. The molecule has 0 heteroatoms. The van der Waals surface area contributed by atoms with Gasteiger partial charge in [-0.25, -0.2) is 0 Å². The summed E-state index contributed by atoms with van der Waals surface area (Å²) in [6, 6.07) is 10.4. The number of unbranched alkanes of at least 4 members (excludes halogenated alkanes) is 10. The lowest BCUT2D eigenvalue weighted by Crippen LogP contribution is -1.91. The summed E-state index contributed by atoms with van der Waals surface area (Å²) >= 11 is 0. The molecule has 0 aliphatic heterocycles. The molecule has 0 aliphatic carbocycles. The molecule has 125 valence electrons. The van der Waals surface area contributed by atoms with Crippen LogP contribution < -0.4 is 0 Å². The van der Waals surface area contributed by atoms with Gasteiger partial charge in [0.1, 0.15) is 0 Å². The SMILES string of the molecule is CCCCCCCCc1[c]c(CCCCCCCC)ccc1. The molecule has 0 saturated heterocycles. The van der Waals surface area contributed by atoms with Gasteiger partial charge in [0.2, 0.25) is 0 Å². The van der Waals surface area contributed by atoms with Crippen LogP contribution in [0.15, 0.2) is 18.2 Å². The third-order valence-corrected chi connectivity index (χ3v) is 4.52. The second-order valence-corrected chi connectivity index (χ2v) is 6.74. The average Bonchev–Trinajstić information content (AvgIpc) is 2.54. The fourth-order valence-corrected chi connectivity index (χ4v) is 3.05.